The highest BCUT2D eigenvalue weighted by Gasteiger charge is 2.27. The van der Waals surface area contributed by atoms with Crippen molar-refractivity contribution in [1.82, 2.24) is 0 Å². The summed E-state index contributed by atoms with van der Waals surface area (Å²) in [5.41, 5.74) is 0. The number of rotatable bonds is 42. The number of allylic oxidation sites excluding steroid dienone is 2. The third-order valence-corrected chi connectivity index (χ3v) is 10.6. The van der Waals surface area contributed by atoms with Crippen molar-refractivity contribution in [3.8, 4) is 0 Å². The average molecular weight is 791 g/mol. The highest BCUT2D eigenvalue weighted by molar-refractivity contribution is 7.47. The van der Waals surface area contributed by atoms with E-state index in [2.05, 4.69) is 30.5 Å². The monoisotopic (exact) mass is 791 g/mol. The molecule has 0 aromatic rings. The normalized spacial score (nSPS) is 13.9. The molecular weight excluding hydrogens is 707 g/mol. The summed E-state index contributed by atoms with van der Waals surface area (Å²) in [7, 11) is -4.62. The highest BCUT2D eigenvalue weighted by Crippen LogP contribution is 2.43. The number of hydrogen-bond acceptors (Lipinski definition) is 9. The summed E-state index contributed by atoms with van der Waals surface area (Å²) >= 11 is 0. The summed E-state index contributed by atoms with van der Waals surface area (Å²) in [6.45, 7) is 2.39. The Bertz CT molecular complexity index is 915. The number of phosphoric ester groups is 1. The zero-order chi connectivity index (χ0) is 39.8. The van der Waals surface area contributed by atoms with Crippen molar-refractivity contribution in [3.05, 3.63) is 12.2 Å². The lowest BCUT2D eigenvalue weighted by Crippen LogP contribution is -2.29. The largest absolute Gasteiger partial charge is 0.472 e. The molecule has 3 atom stereocenters. The van der Waals surface area contributed by atoms with E-state index in [1.807, 2.05) is 0 Å². The molecule has 1 unspecified atom stereocenters. The van der Waals surface area contributed by atoms with Crippen LogP contribution in [0.2, 0.25) is 0 Å². The zero-order valence-corrected chi connectivity index (χ0v) is 35.6. The Labute approximate surface area is 330 Å². The number of carbonyl (C=O) groups is 2. The van der Waals surface area contributed by atoms with E-state index in [0.717, 1.165) is 38.5 Å². The third-order valence-electron chi connectivity index (χ3n) is 9.67. The number of hydrogen-bond donors (Lipinski definition) is 3. The molecule has 11 heteroatoms. The van der Waals surface area contributed by atoms with E-state index >= 15 is 0 Å². The summed E-state index contributed by atoms with van der Waals surface area (Å²) in [5.74, 6) is -0.939. The van der Waals surface area contributed by atoms with Gasteiger partial charge in [0.1, 0.15) is 12.7 Å². The van der Waals surface area contributed by atoms with Crippen molar-refractivity contribution in [2.75, 3.05) is 26.4 Å². The molecule has 0 radical (unpaired) electrons. The maximum absolute atomic E-state index is 12.6. The number of phosphoric acid groups is 1. The first-order valence-corrected chi connectivity index (χ1v) is 23.6. The Balaban J connectivity index is 4.28. The van der Waals surface area contributed by atoms with Crippen molar-refractivity contribution in [1.29, 1.82) is 0 Å². The number of carbonyl (C=O) groups excluding carboxylic acids is 2. The van der Waals surface area contributed by atoms with E-state index in [-0.39, 0.29) is 19.4 Å². The fraction of sp³-hybridized carbons (Fsp3) is 0.907. The molecule has 0 heterocycles. The molecule has 0 saturated carbocycles. The molecule has 0 aliphatic rings. The van der Waals surface area contributed by atoms with Gasteiger partial charge >= 0.3 is 19.8 Å². The van der Waals surface area contributed by atoms with E-state index in [0.29, 0.717) is 12.8 Å². The number of aliphatic hydroxyl groups is 2. The van der Waals surface area contributed by atoms with E-state index in [4.69, 9.17) is 19.1 Å². The highest BCUT2D eigenvalue weighted by atomic mass is 31.2. The van der Waals surface area contributed by atoms with Gasteiger partial charge in [-0.15, -0.1) is 0 Å². The zero-order valence-electron chi connectivity index (χ0n) is 34.7. The van der Waals surface area contributed by atoms with Gasteiger partial charge in [0.05, 0.1) is 19.8 Å². The minimum Gasteiger partial charge on any atom is -0.462 e. The van der Waals surface area contributed by atoms with E-state index in [1.165, 1.54) is 135 Å². The lowest BCUT2D eigenvalue weighted by molar-refractivity contribution is -0.161. The lowest BCUT2D eigenvalue weighted by atomic mass is 10.0. The van der Waals surface area contributed by atoms with Crippen LogP contribution in [0, 0.1) is 0 Å². The predicted octanol–water partition coefficient (Wildman–Crippen LogP) is 11.6. The molecular formula is C43H83O10P. The third kappa shape index (κ3) is 39.0. The van der Waals surface area contributed by atoms with E-state index in [1.54, 1.807) is 0 Å². The molecule has 0 amide bonds. The first-order valence-electron chi connectivity index (χ1n) is 22.1. The van der Waals surface area contributed by atoms with Gasteiger partial charge in [0.25, 0.3) is 0 Å². The summed E-state index contributed by atoms with van der Waals surface area (Å²) in [4.78, 5) is 35.0. The Morgan fingerprint density at radius 2 is 0.907 bits per heavy atom. The van der Waals surface area contributed by atoms with Crippen molar-refractivity contribution >= 4 is 19.8 Å². The summed E-state index contributed by atoms with van der Waals surface area (Å²) in [6.07, 6.45) is 37.5. The number of esters is 2. The quantitative estimate of drug-likeness (QED) is 0.0236. The minimum absolute atomic E-state index is 0.158. The number of ether oxygens (including phenoxy) is 2. The van der Waals surface area contributed by atoms with Crippen molar-refractivity contribution in [2.45, 2.75) is 225 Å². The van der Waals surface area contributed by atoms with E-state index < -0.39 is 51.8 Å². The van der Waals surface area contributed by atoms with Gasteiger partial charge in [-0.3, -0.25) is 18.6 Å². The molecule has 0 rings (SSSR count). The van der Waals surface area contributed by atoms with Crippen molar-refractivity contribution in [3.63, 3.8) is 0 Å². The van der Waals surface area contributed by atoms with Gasteiger partial charge in [0, 0.05) is 12.8 Å². The molecule has 3 N–H and O–H groups in total. The lowest BCUT2D eigenvalue weighted by Gasteiger charge is -2.20. The van der Waals surface area contributed by atoms with E-state index in [9.17, 15) is 24.2 Å². The van der Waals surface area contributed by atoms with Crippen molar-refractivity contribution < 1.29 is 47.8 Å². The van der Waals surface area contributed by atoms with Crippen LogP contribution < -0.4 is 0 Å². The average Bonchev–Trinajstić information content (AvgIpc) is 3.16. The molecule has 0 saturated heterocycles. The van der Waals surface area contributed by atoms with Crippen molar-refractivity contribution in [2.24, 2.45) is 0 Å². The standard InChI is InChI=1S/C43H83O10P/c1-3-5-7-9-11-13-15-17-19-21-22-24-26-28-30-32-34-42(46)50-38-41(39-52-54(48,49)51-37-40(45)36-44)53-43(47)35-33-31-29-27-25-23-20-18-16-14-12-10-8-6-4-2/h25,27,40-41,44-45H,3-24,26,28-39H2,1-2H3,(H,48,49)/b27-25+/t40-,41+/m0/s1. The molecule has 0 aliphatic heterocycles. The van der Waals surface area contributed by atoms with Crippen LogP contribution in [0.1, 0.15) is 213 Å². The Morgan fingerprint density at radius 1 is 0.537 bits per heavy atom. The smallest absolute Gasteiger partial charge is 0.462 e. The van der Waals surface area contributed by atoms with Crippen LogP contribution in [-0.4, -0.2) is 65.7 Å². The van der Waals surface area contributed by atoms with Crippen LogP contribution in [0.25, 0.3) is 0 Å². The van der Waals surface area contributed by atoms with Crippen LogP contribution >= 0.6 is 7.82 Å². The van der Waals surface area contributed by atoms with Gasteiger partial charge < -0.3 is 24.6 Å². The van der Waals surface area contributed by atoms with Crippen LogP contribution in [0.4, 0.5) is 0 Å². The molecule has 54 heavy (non-hydrogen) atoms. The predicted molar refractivity (Wildman–Crippen MR) is 219 cm³/mol. The topological polar surface area (TPSA) is 149 Å². The summed E-state index contributed by atoms with van der Waals surface area (Å²) in [6, 6.07) is 0. The Hall–Kier alpha value is -1.29. The maximum Gasteiger partial charge on any atom is 0.472 e. The van der Waals surface area contributed by atoms with Gasteiger partial charge in [-0.25, -0.2) is 4.57 Å². The van der Waals surface area contributed by atoms with Gasteiger partial charge in [0.15, 0.2) is 6.10 Å². The molecule has 0 aliphatic carbocycles. The Morgan fingerprint density at radius 3 is 1.37 bits per heavy atom. The Kier molecular flexibility index (Phi) is 39.0. The minimum atomic E-state index is -4.62. The SMILES string of the molecule is CCCCCCCCCCC/C=C/CCCCC(=O)O[C@H](COC(=O)CCCCCCCCCCCCCCCCCC)COP(=O)(O)OC[C@@H](O)CO. The molecule has 0 fully saturated rings. The fourth-order valence-electron chi connectivity index (χ4n) is 6.22. The summed E-state index contributed by atoms with van der Waals surface area (Å²) in [5, 5.41) is 18.3. The van der Waals surface area contributed by atoms with Crippen LogP contribution in [0.3, 0.4) is 0 Å². The first kappa shape index (κ1) is 52.7. The second kappa shape index (κ2) is 39.9. The molecule has 0 bridgehead atoms. The molecule has 0 aromatic carbocycles. The van der Waals surface area contributed by atoms with Gasteiger partial charge in [-0.2, -0.15) is 0 Å². The van der Waals surface area contributed by atoms with Gasteiger partial charge in [0.2, 0.25) is 0 Å². The summed E-state index contributed by atoms with van der Waals surface area (Å²) < 4.78 is 32.7. The maximum atomic E-state index is 12.6. The van der Waals surface area contributed by atoms with Gasteiger partial charge in [-0.05, 0) is 38.5 Å². The second-order valence-electron chi connectivity index (χ2n) is 15.1. The van der Waals surface area contributed by atoms with Crippen LogP contribution in [0.15, 0.2) is 12.2 Å². The first-order chi connectivity index (χ1) is 26.2. The molecule has 0 aromatic heterocycles. The molecule has 10 nitrogen and oxygen atoms in total. The van der Waals surface area contributed by atoms with Crippen LogP contribution in [-0.2, 0) is 32.7 Å². The molecule has 0 spiro atoms. The molecule has 320 valence electrons. The fourth-order valence-corrected chi connectivity index (χ4v) is 7.01. The van der Waals surface area contributed by atoms with Gasteiger partial charge in [-0.1, -0.05) is 174 Å². The number of aliphatic hydroxyl groups excluding tert-OH is 2. The number of unbranched alkanes of at least 4 members (excludes halogenated alkanes) is 26. The second-order valence-corrected chi connectivity index (χ2v) is 16.5. The van der Waals surface area contributed by atoms with Crippen LogP contribution in [0.5, 0.6) is 0 Å².